The Bertz CT molecular complexity index is 1730. The molecule has 0 radical (unpaired) electrons. The van der Waals surface area contributed by atoms with Gasteiger partial charge in [-0.25, -0.2) is 0 Å². The Morgan fingerprint density at radius 1 is 0.266 bits per heavy atom. The topological polar surface area (TPSA) is 78.9 Å². The largest absolute Gasteiger partial charge is 0.462 e. The molecule has 0 saturated carbocycles. The highest BCUT2D eigenvalue weighted by atomic mass is 16.6. The number of carbonyl (C=O) groups excluding carboxylic acids is 3. The van der Waals surface area contributed by atoms with Gasteiger partial charge in [0.25, 0.3) is 0 Å². The van der Waals surface area contributed by atoms with E-state index in [9.17, 15) is 14.4 Å². The van der Waals surface area contributed by atoms with Gasteiger partial charge in [-0.3, -0.25) is 14.4 Å². The van der Waals surface area contributed by atoms with Crippen LogP contribution in [-0.4, -0.2) is 37.2 Å². The highest BCUT2D eigenvalue weighted by molar-refractivity contribution is 5.71. The van der Waals surface area contributed by atoms with Gasteiger partial charge in [0.1, 0.15) is 13.2 Å². The first-order chi connectivity index (χ1) is 39.0. The maximum atomic E-state index is 12.9. The number of rotatable bonds is 57. The summed E-state index contributed by atoms with van der Waals surface area (Å²) in [5.41, 5.74) is 0. The predicted octanol–water partition coefficient (Wildman–Crippen LogP) is 22.3. The molecule has 0 rings (SSSR count). The normalized spacial score (nSPS) is 13.1. The van der Waals surface area contributed by atoms with E-state index in [-0.39, 0.29) is 37.5 Å². The van der Waals surface area contributed by atoms with Crippen molar-refractivity contribution in [3.05, 3.63) is 146 Å². The molecule has 0 aromatic heterocycles. The molecule has 1 unspecified atom stereocenters. The average Bonchev–Trinajstić information content (AvgIpc) is 3.45. The molecule has 0 fully saturated rings. The van der Waals surface area contributed by atoms with Gasteiger partial charge in [0.15, 0.2) is 6.10 Å². The zero-order chi connectivity index (χ0) is 57.1. The summed E-state index contributed by atoms with van der Waals surface area (Å²) >= 11 is 0. The van der Waals surface area contributed by atoms with Crippen LogP contribution in [0.2, 0.25) is 0 Å². The lowest BCUT2D eigenvalue weighted by atomic mass is 10.0. The standard InChI is InChI=1S/C73H118O6/c1-4-7-10-13-16-19-21-23-25-27-29-30-31-32-33-34-35-36-37-38-39-40-41-42-44-45-47-49-51-54-57-60-63-66-72(75)78-69-70(68-77-71(74)65-62-59-56-53-18-15-12-9-6-3)79-73(76)67-64-61-58-55-52-50-48-46-43-28-26-24-22-20-17-14-11-8-5-2/h7-8,10-11,16-17,19-20,23-26,29-30,32-33,35-36,38-39,43,46,50,52,70H,4-6,9,12-15,18,21-22,27-28,31,34,37,40-42,44-45,47-49,51,53-69H2,1-3H3/b10-7-,11-8-,19-16-,20-17-,25-23-,26-24-,30-29-,33-32-,36-35-,39-38-,46-43-,52-50-. The average molecular weight is 1090 g/mol. The van der Waals surface area contributed by atoms with Gasteiger partial charge >= 0.3 is 17.9 Å². The summed E-state index contributed by atoms with van der Waals surface area (Å²) in [6.07, 6.45) is 94.4. The Kier molecular flexibility index (Phi) is 61.9. The van der Waals surface area contributed by atoms with E-state index in [0.717, 1.165) is 141 Å². The minimum Gasteiger partial charge on any atom is -0.462 e. The second-order valence-electron chi connectivity index (χ2n) is 20.9. The van der Waals surface area contributed by atoms with Gasteiger partial charge in [-0.05, 0) is 122 Å². The van der Waals surface area contributed by atoms with Crippen molar-refractivity contribution in [3.63, 3.8) is 0 Å². The van der Waals surface area contributed by atoms with Crippen LogP contribution in [0.25, 0.3) is 0 Å². The van der Waals surface area contributed by atoms with Gasteiger partial charge in [-0.1, -0.05) is 282 Å². The highest BCUT2D eigenvalue weighted by Gasteiger charge is 2.19. The molecule has 1 atom stereocenters. The molecular weight excluding hydrogens is 973 g/mol. The maximum absolute atomic E-state index is 12.9. The Hall–Kier alpha value is -4.71. The Morgan fingerprint density at radius 3 is 0.785 bits per heavy atom. The lowest BCUT2D eigenvalue weighted by Crippen LogP contribution is -2.30. The molecule has 0 aliphatic heterocycles. The van der Waals surface area contributed by atoms with E-state index >= 15 is 0 Å². The first kappa shape index (κ1) is 74.3. The smallest absolute Gasteiger partial charge is 0.306 e. The quantitative estimate of drug-likeness (QED) is 0.0261. The van der Waals surface area contributed by atoms with Crippen LogP contribution >= 0.6 is 0 Å². The van der Waals surface area contributed by atoms with Crippen molar-refractivity contribution in [1.82, 2.24) is 0 Å². The second-order valence-corrected chi connectivity index (χ2v) is 20.9. The fourth-order valence-corrected chi connectivity index (χ4v) is 8.57. The number of esters is 3. The minimum absolute atomic E-state index is 0.0942. The van der Waals surface area contributed by atoms with Crippen molar-refractivity contribution in [2.24, 2.45) is 0 Å². The number of unbranched alkanes of at least 4 members (excludes halogenated alkanes) is 22. The minimum atomic E-state index is -0.800. The van der Waals surface area contributed by atoms with Crippen molar-refractivity contribution in [2.75, 3.05) is 13.2 Å². The van der Waals surface area contributed by atoms with Gasteiger partial charge < -0.3 is 14.2 Å². The molecule has 0 heterocycles. The van der Waals surface area contributed by atoms with E-state index in [1.807, 2.05) is 0 Å². The summed E-state index contributed by atoms with van der Waals surface area (Å²) < 4.78 is 16.8. The van der Waals surface area contributed by atoms with Crippen molar-refractivity contribution >= 4 is 17.9 Å². The zero-order valence-electron chi connectivity index (χ0n) is 51.1. The van der Waals surface area contributed by atoms with Crippen LogP contribution in [0.3, 0.4) is 0 Å². The van der Waals surface area contributed by atoms with Gasteiger partial charge in [-0.2, -0.15) is 0 Å². The molecule has 0 bridgehead atoms. The van der Waals surface area contributed by atoms with Crippen LogP contribution < -0.4 is 0 Å². The third kappa shape index (κ3) is 64.0. The van der Waals surface area contributed by atoms with Gasteiger partial charge in [0, 0.05) is 19.3 Å². The lowest BCUT2D eigenvalue weighted by Gasteiger charge is -2.18. The van der Waals surface area contributed by atoms with Crippen molar-refractivity contribution in [1.29, 1.82) is 0 Å². The molecule has 0 aliphatic rings. The maximum Gasteiger partial charge on any atom is 0.306 e. The van der Waals surface area contributed by atoms with Gasteiger partial charge in [0.2, 0.25) is 0 Å². The molecule has 79 heavy (non-hydrogen) atoms. The summed E-state index contributed by atoms with van der Waals surface area (Å²) in [5.74, 6) is -0.933. The van der Waals surface area contributed by atoms with E-state index in [1.165, 1.54) is 96.3 Å². The summed E-state index contributed by atoms with van der Waals surface area (Å²) in [6, 6.07) is 0. The molecular formula is C73H118O6. The Labute approximate surface area is 487 Å². The zero-order valence-corrected chi connectivity index (χ0v) is 51.1. The fraction of sp³-hybridized carbons (Fsp3) is 0.630. The fourth-order valence-electron chi connectivity index (χ4n) is 8.57. The van der Waals surface area contributed by atoms with Gasteiger partial charge in [0.05, 0.1) is 0 Å². The molecule has 6 heteroatoms. The predicted molar refractivity (Wildman–Crippen MR) is 343 cm³/mol. The third-order valence-electron chi connectivity index (χ3n) is 13.3. The molecule has 446 valence electrons. The van der Waals surface area contributed by atoms with E-state index in [4.69, 9.17) is 14.2 Å². The Balaban J connectivity index is 4.23. The number of ether oxygens (including phenoxy) is 3. The number of carbonyl (C=O) groups is 3. The van der Waals surface area contributed by atoms with Crippen LogP contribution in [0, 0.1) is 0 Å². The second kappa shape index (κ2) is 65.8. The van der Waals surface area contributed by atoms with Crippen LogP contribution in [0.4, 0.5) is 0 Å². The molecule has 0 saturated heterocycles. The van der Waals surface area contributed by atoms with E-state index in [2.05, 4.69) is 167 Å². The van der Waals surface area contributed by atoms with Crippen molar-refractivity contribution in [2.45, 2.75) is 284 Å². The molecule has 0 amide bonds. The van der Waals surface area contributed by atoms with Crippen LogP contribution in [-0.2, 0) is 28.6 Å². The first-order valence-corrected chi connectivity index (χ1v) is 32.3. The summed E-state index contributed by atoms with van der Waals surface area (Å²) in [6.45, 7) is 6.36. The molecule has 0 aliphatic carbocycles. The van der Waals surface area contributed by atoms with E-state index < -0.39 is 6.10 Å². The van der Waals surface area contributed by atoms with E-state index in [1.54, 1.807) is 0 Å². The number of hydrogen-bond donors (Lipinski definition) is 0. The Morgan fingerprint density at radius 2 is 0.494 bits per heavy atom. The SMILES string of the molecule is CC/C=C\C/C=C\C/C=C\C/C=C\C/C=C\C/C=C\C/C=C\CCCCCCCCCCCCCC(=O)OCC(COC(=O)CCCCCCCCCCC)OC(=O)CCCCC/C=C\C/C=C\C/C=C\C/C=C\C/C=C\CC. The number of hydrogen-bond acceptors (Lipinski definition) is 6. The van der Waals surface area contributed by atoms with Crippen LogP contribution in [0.1, 0.15) is 278 Å². The van der Waals surface area contributed by atoms with Crippen molar-refractivity contribution < 1.29 is 28.6 Å². The van der Waals surface area contributed by atoms with Crippen LogP contribution in [0.15, 0.2) is 146 Å². The van der Waals surface area contributed by atoms with Crippen molar-refractivity contribution in [3.8, 4) is 0 Å². The lowest BCUT2D eigenvalue weighted by molar-refractivity contribution is -0.167. The van der Waals surface area contributed by atoms with Crippen LogP contribution in [0.5, 0.6) is 0 Å². The molecule has 0 aromatic rings. The molecule has 6 nitrogen and oxygen atoms in total. The van der Waals surface area contributed by atoms with Gasteiger partial charge in [-0.15, -0.1) is 0 Å². The van der Waals surface area contributed by atoms with E-state index in [0.29, 0.717) is 12.8 Å². The molecule has 0 spiro atoms. The molecule has 0 aromatic carbocycles. The molecule has 0 N–H and O–H groups in total. The summed E-state index contributed by atoms with van der Waals surface area (Å²) in [7, 11) is 0. The first-order valence-electron chi connectivity index (χ1n) is 32.3. The highest BCUT2D eigenvalue weighted by Crippen LogP contribution is 2.15. The monoisotopic (exact) mass is 1090 g/mol. The third-order valence-corrected chi connectivity index (χ3v) is 13.3. The number of allylic oxidation sites excluding steroid dienone is 24. The summed E-state index contributed by atoms with van der Waals surface area (Å²) in [4.78, 5) is 38.2. The summed E-state index contributed by atoms with van der Waals surface area (Å²) in [5, 5.41) is 0.